The second kappa shape index (κ2) is 4.98. The highest BCUT2D eigenvalue weighted by Crippen LogP contribution is 1.98. The quantitative estimate of drug-likeness (QED) is 0.520. The lowest BCUT2D eigenvalue weighted by atomic mass is 10.2. The van der Waals surface area contributed by atoms with Gasteiger partial charge in [0.2, 0.25) is 0 Å². The monoisotopic (exact) mass is 142 g/mol. The van der Waals surface area contributed by atoms with Gasteiger partial charge in [-0.3, -0.25) is 0 Å². The summed E-state index contributed by atoms with van der Waals surface area (Å²) in [4.78, 5) is 0. The van der Waals surface area contributed by atoms with Crippen molar-refractivity contribution in [1.82, 2.24) is 0 Å². The summed E-state index contributed by atoms with van der Waals surface area (Å²) in [5.41, 5.74) is 1.09. The fraction of sp³-hybridized carbons (Fsp3) is 0.333. The molecule has 0 aliphatic rings. The Morgan fingerprint density at radius 1 is 1.10 bits per heavy atom. The van der Waals surface area contributed by atoms with Crippen molar-refractivity contribution in [2.45, 2.75) is 20.8 Å². The zero-order chi connectivity index (χ0) is 7.98. The van der Waals surface area contributed by atoms with Crippen LogP contribution in [-0.2, 0) is 0 Å². The number of hydrogen-bond acceptors (Lipinski definition) is 0. The molecule has 1 aromatic rings. The second-order valence-corrected chi connectivity index (χ2v) is 1.80. The third-order valence-corrected chi connectivity index (χ3v) is 1.01. The highest BCUT2D eigenvalue weighted by atomic mass is 19.1. The third kappa shape index (κ3) is 3.23. The molecule has 0 bridgehead atoms. The lowest BCUT2D eigenvalue weighted by molar-refractivity contribution is 0.627. The van der Waals surface area contributed by atoms with Gasteiger partial charge in [-0.05, 0) is 19.1 Å². The van der Waals surface area contributed by atoms with Crippen molar-refractivity contribution in [3.8, 4) is 0 Å². The molecule has 0 saturated carbocycles. The van der Waals surface area contributed by atoms with Crippen LogP contribution in [0.2, 0.25) is 0 Å². The molecule has 1 heteroatoms. The van der Waals surface area contributed by atoms with Crippen molar-refractivity contribution in [3.63, 3.8) is 0 Å². The van der Waals surface area contributed by atoms with Crippen molar-refractivity contribution >= 4 is 0 Å². The van der Waals surface area contributed by atoms with E-state index in [9.17, 15) is 4.39 Å². The molecule has 10 heavy (non-hydrogen) atoms. The molecular weight excluding hydrogens is 127 g/mol. The molecule has 0 atom stereocenters. The van der Waals surface area contributed by atoms with Crippen LogP contribution in [0.1, 0.15) is 20.8 Å². The van der Waals surface area contributed by atoms with Gasteiger partial charge in [-0.25, -0.2) is 4.39 Å². The van der Waals surface area contributed by atoms with Gasteiger partial charge in [0.15, 0.2) is 0 Å². The number of benzene rings is 1. The van der Waals surface area contributed by atoms with Crippen molar-refractivity contribution in [1.29, 1.82) is 0 Å². The number of halogens is 1. The first-order valence-electron chi connectivity index (χ1n) is 3.51. The van der Waals surface area contributed by atoms with Crippen molar-refractivity contribution < 1.29 is 5.82 Å². The highest BCUT2D eigenvalue weighted by molar-refractivity contribution is 5.13. The normalized spacial score (nSPS) is 8.00. The van der Waals surface area contributed by atoms with Crippen LogP contribution >= 0.6 is 0 Å². The molecule has 0 aliphatic carbocycles. The Kier molecular flexibility index (Phi) is 4.55. The molecule has 0 unspecified atom stereocenters. The molecule has 0 saturated heterocycles. The van der Waals surface area contributed by atoms with Crippen molar-refractivity contribution in [2.75, 3.05) is 0 Å². The van der Waals surface area contributed by atoms with Crippen LogP contribution in [0.25, 0.3) is 0 Å². The topological polar surface area (TPSA) is 0 Å². The zero-order valence-corrected chi connectivity index (χ0v) is 6.69. The summed E-state index contributed by atoms with van der Waals surface area (Å²) < 4.78 is 12.1. The minimum absolute atomic E-state index is 0. The number of hydrogen-bond donors (Lipinski definition) is 0. The van der Waals surface area contributed by atoms with E-state index in [4.69, 9.17) is 0 Å². The molecule has 0 nitrogen and oxygen atoms in total. The molecule has 0 heterocycles. The van der Waals surface area contributed by atoms with Crippen molar-refractivity contribution in [3.05, 3.63) is 35.6 Å². The standard InChI is InChI=1S/C7H7F.C2H6.H2/c1-6-2-4-7(8)5-3-6;1-2;/h2-5H,1H3;1-2H3;1H. The highest BCUT2D eigenvalue weighted by Gasteiger charge is 1.83. The molecular formula is C9H15F. The van der Waals surface area contributed by atoms with Gasteiger partial charge < -0.3 is 0 Å². The molecule has 0 aromatic heterocycles. The van der Waals surface area contributed by atoms with Gasteiger partial charge in [-0.1, -0.05) is 31.5 Å². The molecule has 58 valence electrons. The summed E-state index contributed by atoms with van der Waals surface area (Å²) in [5.74, 6) is -0.171. The Morgan fingerprint density at radius 3 is 1.80 bits per heavy atom. The molecule has 0 radical (unpaired) electrons. The maximum Gasteiger partial charge on any atom is 0.123 e. The molecule has 1 aromatic carbocycles. The molecule has 0 aliphatic heterocycles. The van der Waals surface area contributed by atoms with Gasteiger partial charge in [0, 0.05) is 1.43 Å². The van der Waals surface area contributed by atoms with Gasteiger partial charge in [0.1, 0.15) is 5.82 Å². The van der Waals surface area contributed by atoms with E-state index in [1.54, 1.807) is 12.1 Å². The first kappa shape index (κ1) is 9.15. The van der Waals surface area contributed by atoms with Gasteiger partial charge in [-0.15, -0.1) is 0 Å². The Morgan fingerprint density at radius 2 is 1.50 bits per heavy atom. The van der Waals surface area contributed by atoms with Gasteiger partial charge in [0.25, 0.3) is 0 Å². The Labute approximate surface area is 63.2 Å². The summed E-state index contributed by atoms with van der Waals surface area (Å²) in [6.45, 7) is 5.93. The van der Waals surface area contributed by atoms with Gasteiger partial charge in [-0.2, -0.15) is 0 Å². The summed E-state index contributed by atoms with van der Waals surface area (Å²) in [6.07, 6.45) is 0. The molecule has 0 spiro atoms. The van der Waals surface area contributed by atoms with Crippen LogP contribution in [0.3, 0.4) is 0 Å². The van der Waals surface area contributed by atoms with Gasteiger partial charge in [0.05, 0.1) is 0 Å². The van der Waals surface area contributed by atoms with E-state index in [1.165, 1.54) is 12.1 Å². The maximum absolute atomic E-state index is 12.1. The van der Waals surface area contributed by atoms with Crippen LogP contribution in [0.5, 0.6) is 0 Å². The fourth-order valence-corrected chi connectivity index (χ4v) is 0.533. The van der Waals surface area contributed by atoms with Crippen LogP contribution in [0, 0.1) is 12.7 Å². The van der Waals surface area contributed by atoms with Gasteiger partial charge >= 0.3 is 0 Å². The SMILES string of the molecule is CC.Cc1ccc(F)cc1.[HH]. The molecule has 0 amide bonds. The Hall–Kier alpha value is -0.850. The molecule has 0 N–H and O–H groups in total. The van der Waals surface area contributed by atoms with E-state index < -0.39 is 0 Å². The van der Waals surface area contributed by atoms with Crippen LogP contribution in [0.15, 0.2) is 24.3 Å². The van der Waals surface area contributed by atoms with E-state index in [0.717, 1.165) is 5.56 Å². The maximum atomic E-state index is 12.1. The lowest BCUT2D eigenvalue weighted by Gasteiger charge is -1.87. The smallest absolute Gasteiger partial charge is 0.123 e. The number of rotatable bonds is 0. The van der Waals surface area contributed by atoms with E-state index in [2.05, 4.69) is 0 Å². The van der Waals surface area contributed by atoms with E-state index in [-0.39, 0.29) is 7.24 Å². The predicted octanol–water partition coefficient (Wildman–Crippen LogP) is 3.41. The lowest BCUT2D eigenvalue weighted by Crippen LogP contribution is -1.71. The van der Waals surface area contributed by atoms with Crippen LogP contribution < -0.4 is 0 Å². The van der Waals surface area contributed by atoms with E-state index >= 15 is 0 Å². The largest absolute Gasteiger partial charge is 0.207 e. The number of aryl methyl sites for hydroxylation is 1. The zero-order valence-electron chi connectivity index (χ0n) is 6.69. The predicted molar refractivity (Wildman–Crippen MR) is 44.6 cm³/mol. The minimum Gasteiger partial charge on any atom is -0.207 e. The minimum atomic E-state index is -0.171. The first-order chi connectivity index (χ1) is 4.79. The molecule has 1 rings (SSSR count). The average Bonchev–Trinajstić information content (AvgIpc) is 2.00. The first-order valence-corrected chi connectivity index (χ1v) is 3.51. The van der Waals surface area contributed by atoms with E-state index in [0.29, 0.717) is 0 Å². The second-order valence-electron chi connectivity index (χ2n) is 1.80. The van der Waals surface area contributed by atoms with E-state index in [1.807, 2.05) is 20.8 Å². The van der Waals surface area contributed by atoms with Crippen LogP contribution in [-0.4, -0.2) is 0 Å². The summed E-state index contributed by atoms with van der Waals surface area (Å²) in [5, 5.41) is 0. The molecule has 0 fully saturated rings. The summed E-state index contributed by atoms with van der Waals surface area (Å²) in [6, 6.07) is 6.40. The third-order valence-electron chi connectivity index (χ3n) is 1.01. The fourth-order valence-electron chi connectivity index (χ4n) is 0.533. The summed E-state index contributed by atoms with van der Waals surface area (Å²) in [7, 11) is 0. The Bertz CT molecular complexity index is 148. The average molecular weight is 142 g/mol. The van der Waals surface area contributed by atoms with Crippen molar-refractivity contribution in [2.24, 2.45) is 0 Å². The summed E-state index contributed by atoms with van der Waals surface area (Å²) >= 11 is 0. The Balaban J connectivity index is 0. The van der Waals surface area contributed by atoms with Crippen LogP contribution in [0.4, 0.5) is 4.39 Å².